The van der Waals surface area contributed by atoms with Crippen LogP contribution in [0.4, 0.5) is 18.9 Å². The molecule has 1 fully saturated rings. The molecule has 1 atom stereocenters. The van der Waals surface area contributed by atoms with E-state index in [-0.39, 0.29) is 5.92 Å². The van der Waals surface area contributed by atoms with Gasteiger partial charge in [-0.05, 0) is 43.5 Å². The van der Waals surface area contributed by atoms with Gasteiger partial charge in [-0.15, -0.1) is 0 Å². The van der Waals surface area contributed by atoms with E-state index in [4.69, 9.17) is 23.2 Å². The number of anilines is 1. The lowest BCUT2D eigenvalue weighted by atomic mass is 10.2. The molecule has 0 bridgehead atoms. The van der Waals surface area contributed by atoms with Crippen LogP contribution < -0.4 is 5.32 Å². The Hall–Kier alpha value is -2.52. The molecule has 1 amide bonds. The molecule has 4 rings (SSSR count). The number of aromatic nitrogens is 4. The normalized spacial score (nSPS) is 15.2. The number of hydrogen-bond acceptors (Lipinski definition) is 3. The van der Waals surface area contributed by atoms with Crippen LogP contribution in [0.5, 0.6) is 0 Å². The zero-order chi connectivity index (χ0) is 22.3. The van der Waals surface area contributed by atoms with Crippen molar-refractivity contribution >= 4 is 34.8 Å². The lowest BCUT2D eigenvalue weighted by Crippen LogP contribution is -2.26. The first-order valence-electron chi connectivity index (χ1n) is 9.55. The Bertz CT molecular complexity index is 1120. The number of alkyl halides is 3. The number of hydrogen-bond donors (Lipinski definition) is 1. The molecule has 11 heteroatoms. The van der Waals surface area contributed by atoms with Gasteiger partial charge in [0.05, 0.1) is 28.5 Å². The Morgan fingerprint density at radius 2 is 2.00 bits per heavy atom. The molecule has 0 radical (unpaired) electrons. The lowest BCUT2D eigenvalue weighted by Gasteiger charge is -2.15. The molecule has 1 saturated carbocycles. The Morgan fingerprint density at radius 1 is 1.26 bits per heavy atom. The number of halogens is 5. The summed E-state index contributed by atoms with van der Waals surface area (Å²) in [5.41, 5.74) is 0.746. The monoisotopic (exact) mass is 471 g/mol. The first-order valence-corrected chi connectivity index (χ1v) is 10.3. The van der Waals surface area contributed by atoms with Crippen LogP contribution in [0.25, 0.3) is 0 Å². The third kappa shape index (κ3) is 4.88. The summed E-state index contributed by atoms with van der Waals surface area (Å²) >= 11 is 11.9. The number of nitrogens with zero attached hydrogens (tertiary/aromatic N) is 4. The third-order valence-electron chi connectivity index (χ3n) is 5.03. The summed E-state index contributed by atoms with van der Waals surface area (Å²) in [4.78, 5) is 12.7. The van der Waals surface area contributed by atoms with E-state index in [9.17, 15) is 18.0 Å². The maximum atomic E-state index is 13.1. The van der Waals surface area contributed by atoms with Gasteiger partial charge in [0.1, 0.15) is 6.04 Å². The summed E-state index contributed by atoms with van der Waals surface area (Å²) in [6, 6.07) is 5.35. The van der Waals surface area contributed by atoms with E-state index in [2.05, 4.69) is 15.5 Å². The predicted octanol–water partition coefficient (Wildman–Crippen LogP) is 5.53. The lowest BCUT2D eigenvalue weighted by molar-refractivity contribution is -0.141. The van der Waals surface area contributed by atoms with Crippen molar-refractivity contribution < 1.29 is 18.0 Å². The van der Waals surface area contributed by atoms with E-state index in [0.29, 0.717) is 28.0 Å². The van der Waals surface area contributed by atoms with Gasteiger partial charge in [0.2, 0.25) is 5.91 Å². The maximum Gasteiger partial charge on any atom is 0.435 e. The molecule has 1 aliphatic carbocycles. The number of benzene rings is 1. The third-order valence-corrected chi connectivity index (χ3v) is 5.77. The molecule has 164 valence electrons. The smallest absolute Gasteiger partial charge is 0.322 e. The summed E-state index contributed by atoms with van der Waals surface area (Å²) in [5.74, 6) is -0.472. The molecule has 1 N–H and O–H groups in total. The van der Waals surface area contributed by atoms with E-state index in [1.165, 1.54) is 17.8 Å². The number of rotatable bonds is 6. The fourth-order valence-electron chi connectivity index (χ4n) is 3.24. The van der Waals surface area contributed by atoms with Gasteiger partial charge in [0.25, 0.3) is 0 Å². The summed E-state index contributed by atoms with van der Waals surface area (Å²) in [7, 11) is 0. The molecule has 31 heavy (non-hydrogen) atoms. The van der Waals surface area contributed by atoms with Gasteiger partial charge in [0, 0.05) is 17.8 Å². The van der Waals surface area contributed by atoms with Crippen LogP contribution >= 0.6 is 23.2 Å². The van der Waals surface area contributed by atoms with Gasteiger partial charge < -0.3 is 5.32 Å². The summed E-state index contributed by atoms with van der Waals surface area (Å²) < 4.78 is 42.1. The molecule has 2 aromatic heterocycles. The Morgan fingerprint density at radius 3 is 2.65 bits per heavy atom. The summed E-state index contributed by atoms with van der Waals surface area (Å²) in [5, 5.41) is 11.4. The Labute approximate surface area is 185 Å². The Balaban J connectivity index is 1.46. The van der Waals surface area contributed by atoms with Crippen LogP contribution in [0.3, 0.4) is 0 Å². The molecule has 3 aromatic rings. The van der Waals surface area contributed by atoms with E-state index < -0.39 is 23.8 Å². The van der Waals surface area contributed by atoms with Crippen molar-refractivity contribution in [2.45, 2.75) is 44.4 Å². The molecular formula is C20H18Cl2F3N5O. The zero-order valence-corrected chi connectivity index (χ0v) is 17.8. The minimum atomic E-state index is -4.56. The molecule has 2 heterocycles. The van der Waals surface area contributed by atoms with Crippen LogP contribution in [-0.2, 0) is 17.5 Å². The second kappa shape index (κ2) is 8.20. The summed E-state index contributed by atoms with van der Waals surface area (Å²) in [6.07, 6.45) is 0.113. The molecular weight excluding hydrogens is 454 g/mol. The second-order valence-electron chi connectivity index (χ2n) is 7.51. The molecule has 0 spiro atoms. The van der Waals surface area contributed by atoms with Crippen molar-refractivity contribution in [3.63, 3.8) is 0 Å². The highest BCUT2D eigenvalue weighted by Crippen LogP contribution is 2.43. The van der Waals surface area contributed by atoms with Crippen molar-refractivity contribution in [2.75, 3.05) is 5.32 Å². The first kappa shape index (κ1) is 21.7. The van der Waals surface area contributed by atoms with Crippen molar-refractivity contribution in [1.29, 1.82) is 0 Å². The maximum absolute atomic E-state index is 13.1. The van der Waals surface area contributed by atoms with Gasteiger partial charge in [-0.25, -0.2) is 0 Å². The molecule has 6 nitrogen and oxygen atoms in total. The van der Waals surface area contributed by atoms with Crippen LogP contribution in [0, 0.1) is 0 Å². The average Bonchev–Trinajstić information content (AvgIpc) is 3.28. The zero-order valence-electron chi connectivity index (χ0n) is 16.3. The fraction of sp³-hybridized carbons (Fsp3) is 0.350. The number of carbonyl (C=O) groups excluding carboxylic acids is 1. The van der Waals surface area contributed by atoms with Crippen LogP contribution in [0.2, 0.25) is 10.0 Å². The number of nitrogens with one attached hydrogen (secondary N) is 1. The van der Waals surface area contributed by atoms with Crippen LogP contribution in [0.15, 0.2) is 36.7 Å². The highest BCUT2D eigenvalue weighted by molar-refractivity contribution is 6.42. The molecule has 1 aliphatic rings. The van der Waals surface area contributed by atoms with Crippen LogP contribution in [-0.4, -0.2) is 25.5 Å². The minimum absolute atomic E-state index is 0.00722. The molecule has 1 unspecified atom stereocenters. The standard InChI is InChI=1S/C20H18Cl2F3N5O/c1-11(30-17(13-3-4-13)7-18(28-30)20(23,24)25)19(31)27-14-8-26-29(10-14)9-12-2-5-15(21)16(22)6-12/h2,5-8,10-11,13H,3-4,9H2,1H3,(H,27,31). The molecule has 0 saturated heterocycles. The minimum Gasteiger partial charge on any atom is -0.322 e. The van der Waals surface area contributed by atoms with Crippen molar-refractivity contribution in [1.82, 2.24) is 19.6 Å². The quantitative estimate of drug-likeness (QED) is 0.513. The van der Waals surface area contributed by atoms with Gasteiger partial charge >= 0.3 is 6.18 Å². The van der Waals surface area contributed by atoms with Gasteiger partial charge in [0.15, 0.2) is 5.69 Å². The first-order chi connectivity index (χ1) is 14.6. The van der Waals surface area contributed by atoms with E-state index >= 15 is 0 Å². The van der Waals surface area contributed by atoms with Crippen molar-refractivity contribution in [3.05, 3.63) is 63.7 Å². The average molecular weight is 472 g/mol. The molecule has 0 aliphatic heterocycles. The predicted molar refractivity (Wildman–Crippen MR) is 110 cm³/mol. The van der Waals surface area contributed by atoms with E-state index in [1.54, 1.807) is 23.0 Å². The largest absolute Gasteiger partial charge is 0.435 e. The van der Waals surface area contributed by atoms with E-state index in [0.717, 1.165) is 24.5 Å². The van der Waals surface area contributed by atoms with Crippen molar-refractivity contribution in [2.24, 2.45) is 0 Å². The van der Waals surface area contributed by atoms with Gasteiger partial charge in [-0.1, -0.05) is 29.3 Å². The Kier molecular flexibility index (Phi) is 5.74. The van der Waals surface area contributed by atoms with E-state index in [1.807, 2.05) is 6.07 Å². The van der Waals surface area contributed by atoms with Crippen LogP contribution in [0.1, 0.15) is 48.7 Å². The highest BCUT2D eigenvalue weighted by Gasteiger charge is 2.39. The number of amides is 1. The fourth-order valence-corrected chi connectivity index (χ4v) is 3.56. The number of carbonyl (C=O) groups is 1. The topological polar surface area (TPSA) is 64.7 Å². The molecule has 1 aromatic carbocycles. The highest BCUT2D eigenvalue weighted by atomic mass is 35.5. The van der Waals surface area contributed by atoms with Gasteiger partial charge in [-0.3, -0.25) is 14.2 Å². The summed E-state index contributed by atoms with van der Waals surface area (Å²) in [6.45, 7) is 1.93. The van der Waals surface area contributed by atoms with Gasteiger partial charge in [-0.2, -0.15) is 23.4 Å². The van der Waals surface area contributed by atoms with Crippen molar-refractivity contribution in [3.8, 4) is 0 Å². The second-order valence-corrected chi connectivity index (χ2v) is 8.33. The SMILES string of the molecule is CC(C(=O)Nc1cnn(Cc2ccc(Cl)c(Cl)c2)c1)n1nc(C(F)(F)F)cc1C1CC1.